The molecule has 3 rings (SSSR count). The molecule has 1 heterocycles. The second-order valence-corrected chi connectivity index (χ2v) is 7.06. The summed E-state index contributed by atoms with van der Waals surface area (Å²) in [5, 5.41) is 12.5. The Labute approximate surface area is 126 Å². The molecule has 118 valence electrons. The third-order valence-electron chi connectivity index (χ3n) is 5.81. The van der Waals surface area contributed by atoms with E-state index in [9.17, 15) is 14.7 Å². The number of nitrogens with one attached hydrogen (secondary N) is 1. The predicted octanol–water partition coefficient (Wildman–Crippen LogP) is 2.46. The van der Waals surface area contributed by atoms with Crippen LogP contribution in [-0.4, -0.2) is 40.6 Å². The van der Waals surface area contributed by atoms with Crippen LogP contribution < -0.4 is 5.32 Å². The number of amides is 2. The molecule has 0 aromatic heterocycles. The summed E-state index contributed by atoms with van der Waals surface area (Å²) >= 11 is 0. The van der Waals surface area contributed by atoms with Crippen molar-refractivity contribution in [2.45, 2.75) is 64.0 Å². The lowest BCUT2D eigenvalue weighted by Gasteiger charge is -2.33. The second kappa shape index (κ2) is 5.85. The maximum absolute atomic E-state index is 12.6. The molecular weight excluding hydrogens is 268 g/mol. The molecule has 3 fully saturated rings. The molecule has 2 aliphatic carbocycles. The van der Waals surface area contributed by atoms with Gasteiger partial charge in [-0.1, -0.05) is 12.8 Å². The van der Waals surface area contributed by atoms with E-state index in [1.807, 2.05) is 4.90 Å². The van der Waals surface area contributed by atoms with Gasteiger partial charge in [-0.2, -0.15) is 0 Å². The van der Waals surface area contributed by atoms with Crippen LogP contribution in [0.1, 0.15) is 51.9 Å². The SMILES string of the molecule is CC1CCCCCN1C(=O)NC1C2CCC(C2)C1C(=O)O. The number of likely N-dealkylation sites (tertiary alicyclic amines) is 1. The second-order valence-electron chi connectivity index (χ2n) is 7.06. The number of hydrogen-bond donors (Lipinski definition) is 2. The Morgan fingerprint density at radius 3 is 2.62 bits per heavy atom. The van der Waals surface area contributed by atoms with Crippen molar-refractivity contribution in [3.05, 3.63) is 0 Å². The molecule has 2 N–H and O–H groups in total. The van der Waals surface area contributed by atoms with Crippen molar-refractivity contribution >= 4 is 12.0 Å². The standard InChI is InChI=1S/C16H26N2O3/c1-10-5-3-2-4-8-18(10)16(21)17-14-12-7-6-11(9-12)13(14)15(19)20/h10-14H,2-9H2,1H3,(H,17,21)(H,19,20). The lowest BCUT2D eigenvalue weighted by Crippen LogP contribution is -2.53. The predicted molar refractivity (Wildman–Crippen MR) is 78.9 cm³/mol. The minimum atomic E-state index is -0.739. The molecule has 3 aliphatic rings. The third kappa shape index (κ3) is 2.74. The van der Waals surface area contributed by atoms with Gasteiger partial charge in [0.25, 0.3) is 0 Å². The molecule has 5 heteroatoms. The van der Waals surface area contributed by atoms with Gasteiger partial charge in [0.1, 0.15) is 0 Å². The van der Waals surface area contributed by atoms with Crippen molar-refractivity contribution in [2.24, 2.45) is 17.8 Å². The number of aliphatic carboxylic acids is 1. The fourth-order valence-corrected chi connectivity index (χ4v) is 4.66. The van der Waals surface area contributed by atoms with Gasteiger partial charge in [0.2, 0.25) is 0 Å². The van der Waals surface area contributed by atoms with Crippen LogP contribution in [0.15, 0.2) is 0 Å². The monoisotopic (exact) mass is 294 g/mol. The number of carbonyl (C=O) groups is 2. The van der Waals surface area contributed by atoms with Crippen molar-refractivity contribution in [2.75, 3.05) is 6.54 Å². The Morgan fingerprint density at radius 1 is 1.10 bits per heavy atom. The van der Waals surface area contributed by atoms with E-state index in [-0.39, 0.29) is 30.0 Å². The number of carbonyl (C=O) groups excluding carboxylic acids is 1. The maximum Gasteiger partial charge on any atom is 0.317 e. The Morgan fingerprint density at radius 2 is 1.86 bits per heavy atom. The minimum absolute atomic E-state index is 0.0480. The zero-order valence-corrected chi connectivity index (χ0v) is 12.8. The van der Waals surface area contributed by atoms with Crippen LogP contribution >= 0.6 is 0 Å². The van der Waals surface area contributed by atoms with Crippen LogP contribution in [0.2, 0.25) is 0 Å². The van der Waals surface area contributed by atoms with E-state index in [4.69, 9.17) is 0 Å². The fraction of sp³-hybridized carbons (Fsp3) is 0.875. The quantitative estimate of drug-likeness (QED) is 0.822. The summed E-state index contributed by atoms with van der Waals surface area (Å²) in [5.74, 6) is -0.493. The zero-order chi connectivity index (χ0) is 15.0. The summed E-state index contributed by atoms with van der Waals surface area (Å²) in [4.78, 5) is 26.0. The first-order chi connectivity index (χ1) is 10.1. The average molecular weight is 294 g/mol. The number of fused-ring (bicyclic) bond motifs is 2. The molecule has 0 radical (unpaired) electrons. The van der Waals surface area contributed by atoms with E-state index < -0.39 is 5.97 Å². The van der Waals surface area contributed by atoms with E-state index in [0.717, 1.165) is 38.6 Å². The van der Waals surface area contributed by atoms with Crippen LogP contribution in [0.4, 0.5) is 4.79 Å². The molecule has 0 spiro atoms. The Hall–Kier alpha value is -1.26. The Bertz CT molecular complexity index is 426. The molecule has 2 bridgehead atoms. The van der Waals surface area contributed by atoms with Crippen LogP contribution in [-0.2, 0) is 4.79 Å². The van der Waals surface area contributed by atoms with E-state index in [1.54, 1.807) is 0 Å². The zero-order valence-electron chi connectivity index (χ0n) is 12.8. The molecule has 2 amide bonds. The number of carboxylic acids is 1. The molecule has 2 saturated carbocycles. The summed E-state index contributed by atoms with van der Waals surface area (Å²) in [7, 11) is 0. The number of hydrogen-bond acceptors (Lipinski definition) is 2. The van der Waals surface area contributed by atoms with Gasteiger partial charge in [-0.15, -0.1) is 0 Å². The van der Waals surface area contributed by atoms with Gasteiger partial charge < -0.3 is 15.3 Å². The van der Waals surface area contributed by atoms with Crippen LogP contribution in [0.5, 0.6) is 0 Å². The molecule has 0 aromatic rings. The molecule has 1 saturated heterocycles. The minimum Gasteiger partial charge on any atom is -0.481 e. The van der Waals surface area contributed by atoms with E-state index >= 15 is 0 Å². The smallest absolute Gasteiger partial charge is 0.317 e. The number of urea groups is 1. The van der Waals surface area contributed by atoms with E-state index in [2.05, 4.69) is 12.2 Å². The molecule has 1 aliphatic heterocycles. The molecular formula is C16H26N2O3. The fourth-order valence-electron chi connectivity index (χ4n) is 4.66. The molecule has 0 aromatic carbocycles. The molecule has 5 nitrogen and oxygen atoms in total. The van der Waals surface area contributed by atoms with Gasteiger partial charge in [-0.3, -0.25) is 4.79 Å². The van der Waals surface area contributed by atoms with Crippen molar-refractivity contribution in [1.29, 1.82) is 0 Å². The van der Waals surface area contributed by atoms with Crippen molar-refractivity contribution in [3.63, 3.8) is 0 Å². The highest BCUT2D eigenvalue weighted by Crippen LogP contribution is 2.48. The van der Waals surface area contributed by atoms with Gasteiger partial charge in [0.05, 0.1) is 5.92 Å². The van der Waals surface area contributed by atoms with Crippen LogP contribution in [0.3, 0.4) is 0 Å². The van der Waals surface area contributed by atoms with Crippen molar-refractivity contribution < 1.29 is 14.7 Å². The summed E-state index contributed by atoms with van der Waals surface area (Å²) in [5.41, 5.74) is 0. The third-order valence-corrected chi connectivity index (χ3v) is 5.81. The van der Waals surface area contributed by atoms with Crippen LogP contribution in [0.25, 0.3) is 0 Å². The molecule has 21 heavy (non-hydrogen) atoms. The normalized spacial score (nSPS) is 39.1. The molecule has 5 atom stereocenters. The molecule has 5 unspecified atom stereocenters. The Kier molecular flexibility index (Phi) is 4.09. The van der Waals surface area contributed by atoms with E-state index in [0.29, 0.717) is 5.92 Å². The highest BCUT2D eigenvalue weighted by atomic mass is 16.4. The van der Waals surface area contributed by atoms with Crippen LogP contribution in [0, 0.1) is 17.8 Å². The maximum atomic E-state index is 12.6. The first-order valence-corrected chi connectivity index (χ1v) is 8.38. The number of nitrogens with zero attached hydrogens (tertiary/aromatic N) is 1. The first-order valence-electron chi connectivity index (χ1n) is 8.38. The topological polar surface area (TPSA) is 69.6 Å². The number of carboxylic acid groups (broad SMARTS) is 1. The Balaban J connectivity index is 1.67. The van der Waals surface area contributed by atoms with Gasteiger partial charge >= 0.3 is 12.0 Å². The van der Waals surface area contributed by atoms with Crippen molar-refractivity contribution in [1.82, 2.24) is 10.2 Å². The van der Waals surface area contributed by atoms with Crippen molar-refractivity contribution in [3.8, 4) is 0 Å². The van der Waals surface area contributed by atoms with Gasteiger partial charge in [-0.05, 0) is 50.9 Å². The largest absolute Gasteiger partial charge is 0.481 e. The summed E-state index contributed by atoms with van der Waals surface area (Å²) < 4.78 is 0. The summed E-state index contributed by atoms with van der Waals surface area (Å²) in [6.45, 7) is 2.89. The lowest BCUT2D eigenvalue weighted by atomic mass is 9.84. The highest BCUT2D eigenvalue weighted by molar-refractivity contribution is 5.78. The lowest BCUT2D eigenvalue weighted by molar-refractivity contribution is -0.144. The van der Waals surface area contributed by atoms with Gasteiger partial charge in [0, 0.05) is 18.6 Å². The summed E-state index contributed by atoms with van der Waals surface area (Å²) in [6.07, 6.45) is 7.50. The van der Waals surface area contributed by atoms with Gasteiger partial charge in [-0.25, -0.2) is 4.79 Å². The average Bonchev–Trinajstić information content (AvgIpc) is 2.96. The van der Waals surface area contributed by atoms with Gasteiger partial charge in [0.15, 0.2) is 0 Å². The summed E-state index contributed by atoms with van der Waals surface area (Å²) in [6, 6.07) is 0.0479. The van der Waals surface area contributed by atoms with E-state index in [1.165, 1.54) is 12.8 Å². The number of rotatable bonds is 2. The highest BCUT2D eigenvalue weighted by Gasteiger charge is 2.51. The first kappa shape index (κ1) is 14.7.